The molecule has 1 heterocycles. The highest BCUT2D eigenvalue weighted by molar-refractivity contribution is 5.64. The van der Waals surface area contributed by atoms with Crippen LogP contribution in [-0.4, -0.2) is 6.54 Å². The van der Waals surface area contributed by atoms with Crippen LogP contribution in [0.4, 0.5) is 5.69 Å². The smallest absolute Gasteiger partial charge is 0.0409 e. The van der Waals surface area contributed by atoms with Gasteiger partial charge in [0.1, 0.15) is 0 Å². The molecule has 0 aliphatic carbocycles. The van der Waals surface area contributed by atoms with Crippen molar-refractivity contribution in [2.24, 2.45) is 0 Å². The van der Waals surface area contributed by atoms with Crippen LogP contribution < -0.4 is 5.32 Å². The molecule has 13 heavy (non-hydrogen) atoms. The van der Waals surface area contributed by atoms with E-state index >= 15 is 0 Å². The first-order valence-corrected chi connectivity index (χ1v) is 5.01. The van der Waals surface area contributed by atoms with Gasteiger partial charge in [0.15, 0.2) is 0 Å². The topological polar surface area (TPSA) is 12.0 Å². The molecule has 0 spiro atoms. The maximum absolute atomic E-state index is 3.51. The number of rotatable bonds is 1. The highest BCUT2D eigenvalue weighted by Crippen LogP contribution is 2.40. The number of hydrogen-bond acceptors (Lipinski definition) is 1. The van der Waals surface area contributed by atoms with Gasteiger partial charge >= 0.3 is 0 Å². The first kappa shape index (κ1) is 8.61. The maximum atomic E-state index is 3.51. The van der Waals surface area contributed by atoms with Gasteiger partial charge in [0.25, 0.3) is 0 Å². The average Bonchev–Trinajstić information content (AvgIpc) is 2.47. The zero-order valence-electron chi connectivity index (χ0n) is 8.65. The highest BCUT2D eigenvalue weighted by Gasteiger charge is 2.32. The summed E-state index contributed by atoms with van der Waals surface area (Å²) in [5.41, 5.74) is 4.58. The SMILES string of the molecule is CCC1(C)CNc2c(C)cccc21. The minimum atomic E-state index is 0.349. The van der Waals surface area contributed by atoms with E-state index in [4.69, 9.17) is 0 Å². The van der Waals surface area contributed by atoms with Crippen LogP contribution in [0.2, 0.25) is 0 Å². The Bertz CT molecular complexity index is 330. The minimum absolute atomic E-state index is 0.349. The van der Waals surface area contributed by atoms with E-state index in [2.05, 4.69) is 44.3 Å². The molecule has 1 unspecified atom stereocenters. The van der Waals surface area contributed by atoms with Crippen molar-refractivity contribution in [3.8, 4) is 0 Å². The van der Waals surface area contributed by atoms with E-state index < -0.39 is 0 Å². The molecule has 1 atom stereocenters. The lowest BCUT2D eigenvalue weighted by atomic mass is 9.82. The van der Waals surface area contributed by atoms with Gasteiger partial charge in [-0.05, 0) is 24.5 Å². The van der Waals surface area contributed by atoms with Gasteiger partial charge < -0.3 is 5.32 Å². The van der Waals surface area contributed by atoms with Crippen molar-refractivity contribution in [2.45, 2.75) is 32.6 Å². The minimum Gasteiger partial charge on any atom is -0.384 e. The first-order valence-electron chi connectivity index (χ1n) is 5.01. The third-order valence-electron chi connectivity index (χ3n) is 3.36. The van der Waals surface area contributed by atoms with Gasteiger partial charge in [-0.15, -0.1) is 0 Å². The molecule has 1 nitrogen and oxygen atoms in total. The summed E-state index contributed by atoms with van der Waals surface area (Å²) in [6.07, 6.45) is 1.20. The first-order chi connectivity index (χ1) is 6.17. The lowest BCUT2D eigenvalue weighted by Crippen LogP contribution is -2.22. The monoisotopic (exact) mass is 175 g/mol. The maximum Gasteiger partial charge on any atom is 0.0409 e. The Morgan fingerprint density at radius 2 is 2.23 bits per heavy atom. The molecule has 1 aliphatic heterocycles. The van der Waals surface area contributed by atoms with E-state index in [1.807, 2.05) is 0 Å². The second kappa shape index (κ2) is 2.76. The van der Waals surface area contributed by atoms with Gasteiger partial charge in [0.2, 0.25) is 0 Å². The number of hydrogen-bond donors (Lipinski definition) is 1. The van der Waals surface area contributed by atoms with Crippen molar-refractivity contribution >= 4 is 5.69 Å². The van der Waals surface area contributed by atoms with E-state index in [-0.39, 0.29) is 0 Å². The molecule has 2 rings (SSSR count). The lowest BCUT2D eigenvalue weighted by molar-refractivity contribution is 0.504. The molecule has 0 saturated carbocycles. The van der Waals surface area contributed by atoms with Crippen molar-refractivity contribution in [3.05, 3.63) is 29.3 Å². The molecule has 0 bridgehead atoms. The van der Waals surface area contributed by atoms with Gasteiger partial charge in [-0.3, -0.25) is 0 Å². The fourth-order valence-corrected chi connectivity index (χ4v) is 2.10. The standard InChI is InChI=1S/C12H17N/c1-4-12(3)8-13-11-9(2)6-5-7-10(11)12/h5-7,13H,4,8H2,1-3H3. The normalized spacial score (nSPS) is 25.5. The molecule has 1 heteroatoms. The van der Waals surface area contributed by atoms with Gasteiger partial charge in [-0.2, -0.15) is 0 Å². The molecule has 1 aromatic carbocycles. The molecule has 0 fully saturated rings. The third kappa shape index (κ3) is 1.14. The molecule has 0 saturated heterocycles. The second-order valence-electron chi connectivity index (χ2n) is 4.27. The van der Waals surface area contributed by atoms with Crippen molar-refractivity contribution in [1.29, 1.82) is 0 Å². The zero-order chi connectivity index (χ0) is 9.47. The number of fused-ring (bicyclic) bond motifs is 1. The molecule has 0 radical (unpaired) electrons. The van der Waals surface area contributed by atoms with Crippen LogP contribution in [0.15, 0.2) is 18.2 Å². The highest BCUT2D eigenvalue weighted by atomic mass is 14.9. The molecule has 0 aromatic heterocycles. The molecular formula is C12H17N. The fourth-order valence-electron chi connectivity index (χ4n) is 2.10. The average molecular weight is 175 g/mol. The molecule has 70 valence electrons. The Balaban J connectivity index is 2.55. The van der Waals surface area contributed by atoms with Crippen LogP contribution in [0.25, 0.3) is 0 Å². The summed E-state index contributed by atoms with van der Waals surface area (Å²) in [7, 11) is 0. The summed E-state index contributed by atoms with van der Waals surface area (Å²) >= 11 is 0. The van der Waals surface area contributed by atoms with Crippen LogP contribution in [0.5, 0.6) is 0 Å². The Morgan fingerprint density at radius 1 is 1.46 bits per heavy atom. The van der Waals surface area contributed by atoms with Crippen LogP contribution in [0.1, 0.15) is 31.4 Å². The third-order valence-corrected chi connectivity index (χ3v) is 3.36. The number of aryl methyl sites for hydroxylation is 1. The predicted octanol–water partition coefficient (Wildman–Crippen LogP) is 3.09. The summed E-state index contributed by atoms with van der Waals surface area (Å²) in [5.74, 6) is 0. The molecular weight excluding hydrogens is 158 g/mol. The van der Waals surface area contributed by atoms with Crippen molar-refractivity contribution in [2.75, 3.05) is 11.9 Å². The molecule has 1 N–H and O–H groups in total. The lowest BCUT2D eigenvalue weighted by Gasteiger charge is -2.21. The molecule has 0 amide bonds. The van der Waals surface area contributed by atoms with Gasteiger partial charge in [0.05, 0.1) is 0 Å². The van der Waals surface area contributed by atoms with E-state index in [1.165, 1.54) is 23.2 Å². The predicted molar refractivity (Wildman–Crippen MR) is 57.3 cm³/mol. The Morgan fingerprint density at radius 3 is 2.92 bits per heavy atom. The Hall–Kier alpha value is -0.980. The summed E-state index contributed by atoms with van der Waals surface area (Å²) in [6, 6.07) is 6.59. The zero-order valence-corrected chi connectivity index (χ0v) is 8.65. The van der Waals surface area contributed by atoms with Gasteiger partial charge in [0, 0.05) is 17.6 Å². The van der Waals surface area contributed by atoms with Crippen LogP contribution >= 0.6 is 0 Å². The van der Waals surface area contributed by atoms with E-state index in [0.29, 0.717) is 5.41 Å². The summed E-state index contributed by atoms with van der Waals surface area (Å²) in [6.45, 7) is 7.86. The number of benzene rings is 1. The summed E-state index contributed by atoms with van der Waals surface area (Å²) in [4.78, 5) is 0. The van der Waals surface area contributed by atoms with Gasteiger partial charge in [-0.1, -0.05) is 32.0 Å². The number of nitrogens with one attached hydrogen (secondary N) is 1. The summed E-state index contributed by atoms with van der Waals surface area (Å²) in [5, 5.41) is 3.51. The Labute approximate surface area is 80.2 Å². The number of anilines is 1. The van der Waals surface area contributed by atoms with Crippen LogP contribution in [0.3, 0.4) is 0 Å². The number of para-hydroxylation sites is 1. The molecule has 1 aliphatic rings. The van der Waals surface area contributed by atoms with Crippen molar-refractivity contribution < 1.29 is 0 Å². The Kier molecular flexibility index (Phi) is 1.83. The largest absolute Gasteiger partial charge is 0.384 e. The van der Waals surface area contributed by atoms with E-state index in [0.717, 1.165) is 6.54 Å². The van der Waals surface area contributed by atoms with E-state index in [9.17, 15) is 0 Å². The summed E-state index contributed by atoms with van der Waals surface area (Å²) < 4.78 is 0. The van der Waals surface area contributed by atoms with Gasteiger partial charge in [-0.25, -0.2) is 0 Å². The van der Waals surface area contributed by atoms with Crippen molar-refractivity contribution in [1.82, 2.24) is 0 Å². The van der Waals surface area contributed by atoms with Crippen LogP contribution in [-0.2, 0) is 5.41 Å². The van der Waals surface area contributed by atoms with Crippen molar-refractivity contribution in [3.63, 3.8) is 0 Å². The van der Waals surface area contributed by atoms with E-state index in [1.54, 1.807) is 0 Å². The quantitative estimate of drug-likeness (QED) is 0.691. The van der Waals surface area contributed by atoms with Crippen LogP contribution in [0, 0.1) is 6.92 Å². The molecule has 1 aromatic rings. The second-order valence-corrected chi connectivity index (χ2v) is 4.27. The fraction of sp³-hybridized carbons (Fsp3) is 0.500.